The predicted octanol–water partition coefficient (Wildman–Crippen LogP) is 2.71. The van der Waals surface area contributed by atoms with Gasteiger partial charge in [0.15, 0.2) is 0 Å². The number of rotatable bonds is 8. The zero-order chi connectivity index (χ0) is 10.8. The zero-order valence-electron chi connectivity index (χ0n) is 10.0. The maximum Gasteiger partial charge on any atom is 0.0431 e. The monoisotopic (exact) mass is 213 g/mol. The van der Waals surface area contributed by atoms with E-state index in [1.165, 1.54) is 51.5 Å². The molecule has 1 fully saturated rings. The van der Waals surface area contributed by atoms with Gasteiger partial charge in [0.2, 0.25) is 0 Å². The molecule has 0 amide bonds. The highest BCUT2D eigenvalue weighted by molar-refractivity contribution is 4.66. The standard InChI is InChI=1S/C13H27NO/c15-12-6-2-5-10-14-11-9-13-7-3-1-4-8-13/h13-15H,1-12H2. The molecule has 0 heterocycles. The molecule has 1 rings (SSSR count). The van der Waals surface area contributed by atoms with Gasteiger partial charge in [0, 0.05) is 6.61 Å². The van der Waals surface area contributed by atoms with E-state index in [0.29, 0.717) is 6.61 Å². The third-order valence-electron chi connectivity index (χ3n) is 3.47. The molecule has 0 radical (unpaired) electrons. The van der Waals surface area contributed by atoms with Crippen molar-refractivity contribution >= 4 is 0 Å². The van der Waals surface area contributed by atoms with Crippen molar-refractivity contribution in [3.05, 3.63) is 0 Å². The van der Waals surface area contributed by atoms with Gasteiger partial charge in [0.25, 0.3) is 0 Å². The van der Waals surface area contributed by atoms with E-state index >= 15 is 0 Å². The molecule has 0 unspecified atom stereocenters. The van der Waals surface area contributed by atoms with Crippen molar-refractivity contribution in [2.45, 2.75) is 57.8 Å². The average Bonchev–Trinajstić information content (AvgIpc) is 2.29. The van der Waals surface area contributed by atoms with Crippen LogP contribution in [0.15, 0.2) is 0 Å². The van der Waals surface area contributed by atoms with Gasteiger partial charge >= 0.3 is 0 Å². The summed E-state index contributed by atoms with van der Waals surface area (Å²) in [6, 6.07) is 0. The van der Waals surface area contributed by atoms with Gasteiger partial charge in [-0.05, 0) is 44.7 Å². The average molecular weight is 213 g/mol. The predicted molar refractivity (Wildman–Crippen MR) is 65.0 cm³/mol. The Labute approximate surface area is 94.5 Å². The summed E-state index contributed by atoms with van der Waals surface area (Å²) in [4.78, 5) is 0. The third-order valence-corrected chi connectivity index (χ3v) is 3.47. The van der Waals surface area contributed by atoms with E-state index in [1.807, 2.05) is 0 Å². The minimum Gasteiger partial charge on any atom is -0.396 e. The van der Waals surface area contributed by atoms with Crippen molar-refractivity contribution < 1.29 is 5.11 Å². The van der Waals surface area contributed by atoms with Crippen molar-refractivity contribution in [1.29, 1.82) is 0 Å². The molecule has 1 aliphatic carbocycles. The number of hydrogen-bond donors (Lipinski definition) is 2. The molecule has 1 saturated carbocycles. The highest BCUT2D eigenvalue weighted by Gasteiger charge is 2.12. The fraction of sp³-hybridized carbons (Fsp3) is 1.00. The molecule has 2 heteroatoms. The summed E-state index contributed by atoms with van der Waals surface area (Å²) in [5, 5.41) is 12.1. The zero-order valence-corrected chi connectivity index (χ0v) is 10.0. The van der Waals surface area contributed by atoms with Gasteiger partial charge in [0.05, 0.1) is 0 Å². The molecule has 0 saturated heterocycles. The van der Waals surface area contributed by atoms with Gasteiger partial charge in [-0.15, -0.1) is 0 Å². The smallest absolute Gasteiger partial charge is 0.0431 e. The maximum atomic E-state index is 8.62. The first-order valence-corrected chi connectivity index (χ1v) is 6.75. The molecule has 0 aromatic heterocycles. The first kappa shape index (κ1) is 13.0. The minimum atomic E-state index is 0.349. The Balaban J connectivity index is 1.79. The fourth-order valence-corrected chi connectivity index (χ4v) is 2.45. The van der Waals surface area contributed by atoms with Crippen molar-refractivity contribution in [1.82, 2.24) is 5.32 Å². The summed E-state index contributed by atoms with van der Waals surface area (Å²) in [6.07, 6.45) is 12.0. The van der Waals surface area contributed by atoms with Crippen LogP contribution in [0, 0.1) is 5.92 Å². The Bertz CT molecular complexity index is 132. The van der Waals surface area contributed by atoms with Crippen LogP contribution in [0.3, 0.4) is 0 Å². The van der Waals surface area contributed by atoms with Gasteiger partial charge in [-0.3, -0.25) is 0 Å². The molecule has 0 atom stereocenters. The summed E-state index contributed by atoms with van der Waals surface area (Å²) in [7, 11) is 0. The summed E-state index contributed by atoms with van der Waals surface area (Å²) < 4.78 is 0. The summed E-state index contributed by atoms with van der Waals surface area (Å²) in [5.74, 6) is 1.00. The van der Waals surface area contributed by atoms with Crippen molar-refractivity contribution in [3.8, 4) is 0 Å². The van der Waals surface area contributed by atoms with Gasteiger partial charge < -0.3 is 10.4 Å². The van der Waals surface area contributed by atoms with Crippen molar-refractivity contribution in [3.63, 3.8) is 0 Å². The van der Waals surface area contributed by atoms with E-state index in [-0.39, 0.29) is 0 Å². The quantitative estimate of drug-likeness (QED) is 0.608. The number of unbranched alkanes of at least 4 members (excludes halogenated alkanes) is 2. The Morgan fingerprint density at radius 3 is 2.47 bits per heavy atom. The molecule has 0 bridgehead atoms. The molecule has 2 nitrogen and oxygen atoms in total. The van der Waals surface area contributed by atoms with E-state index in [2.05, 4.69) is 5.32 Å². The second kappa shape index (κ2) is 9.17. The number of nitrogens with one attached hydrogen (secondary N) is 1. The van der Waals surface area contributed by atoms with Crippen LogP contribution in [0.4, 0.5) is 0 Å². The molecule has 0 aromatic carbocycles. The van der Waals surface area contributed by atoms with Crippen LogP contribution in [0.1, 0.15) is 57.8 Å². The van der Waals surface area contributed by atoms with E-state index in [1.54, 1.807) is 0 Å². The molecule has 0 aromatic rings. The summed E-state index contributed by atoms with van der Waals surface area (Å²) >= 11 is 0. The second-order valence-corrected chi connectivity index (χ2v) is 4.83. The molecule has 1 aliphatic rings. The minimum absolute atomic E-state index is 0.349. The lowest BCUT2D eigenvalue weighted by atomic mass is 9.87. The lowest BCUT2D eigenvalue weighted by molar-refractivity contribution is 0.282. The number of aliphatic hydroxyl groups excluding tert-OH is 1. The van der Waals surface area contributed by atoms with Crippen molar-refractivity contribution in [2.75, 3.05) is 19.7 Å². The van der Waals surface area contributed by atoms with E-state index < -0.39 is 0 Å². The normalized spacial score (nSPS) is 18.2. The molecule has 90 valence electrons. The number of hydrogen-bond acceptors (Lipinski definition) is 2. The van der Waals surface area contributed by atoms with Crippen LogP contribution >= 0.6 is 0 Å². The van der Waals surface area contributed by atoms with Gasteiger partial charge in [0.1, 0.15) is 0 Å². The van der Waals surface area contributed by atoms with E-state index in [4.69, 9.17) is 5.11 Å². The largest absolute Gasteiger partial charge is 0.396 e. The second-order valence-electron chi connectivity index (χ2n) is 4.83. The Morgan fingerprint density at radius 1 is 0.933 bits per heavy atom. The molecule has 0 aliphatic heterocycles. The Morgan fingerprint density at radius 2 is 1.73 bits per heavy atom. The third kappa shape index (κ3) is 6.91. The van der Waals surface area contributed by atoms with Crippen LogP contribution in [0.5, 0.6) is 0 Å². The molecular formula is C13H27NO. The Kier molecular flexibility index (Phi) is 7.94. The van der Waals surface area contributed by atoms with Crippen LogP contribution in [0.25, 0.3) is 0 Å². The van der Waals surface area contributed by atoms with Crippen LogP contribution in [0.2, 0.25) is 0 Å². The lowest BCUT2D eigenvalue weighted by Crippen LogP contribution is -2.20. The highest BCUT2D eigenvalue weighted by atomic mass is 16.2. The van der Waals surface area contributed by atoms with Gasteiger partial charge in [-0.25, -0.2) is 0 Å². The van der Waals surface area contributed by atoms with Crippen LogP contribution in [-0.2, 0) is 0 Å². The van der Waals surface area contributed by atoms with E-state index in [9.17, 15) is 0 Å². The van der Waals surface area contributed by atoms with Crippen LogP contribution in [-0.4, -0.2) is 24.8 Å². The highest BCUT2D eigenvalue weighted by Crippen LogP contribution is 2.25. The van der Waals surface area contributed by atoms with Gasteiger partial charge in [-0.2, -0.15) is 0 Å². The number of aliphatic hydroxyl groups is 1. The summed E-state index contributed by atoms with van der Waals surface area (Å²) in [5.41, 5.74) is 0. The van der Waals surface area contributed by atoms with Crippen LogP contribution < -0.4 is 5.32 Å². The first-order chi connectivity index (χ1) is 7.43. The molecule has 0 spiro atoms. The molecule has 15 heavy (non-hydrogen) atoms. The SMILES string of the molecule is OCCCCCNCCC1CCCCC1. The lowest BCUT2D eigenvalue weighted by Gasteiger charge is -2.21. The van der Waals surface area contributed by atoms with Gasteiger partial charge in [-0.1, -0.05) is 32.1 Å². The maximum absolute atomic E-state index is 8.62. The first-order valence-electron chi connectivity index (χ1n) is 6.75. The van der Waals surface area contributed by atoms with Crippen molar-refractivity contribution in [2.24, 2.45) is 5.92 Å². The Hall–Kier alpha value is -0.0800. The topological polar surface area (TPSA) is 32.3 Å². The fourth-order valence-electron chi connectivity index (χ4n) is 2.45. The summed E-state index contributed by atoms with van der Waals surface area (Å²) in [6.45, 7) is 2.68. The molecular weight excluding hydrogens is 186 g/mol. The molecule has 2 N–H and O–H groups in total. The van der Waals surface area contributed by atoms with E-state index in [0.717, 1.165) is 25.3 Å².